The zero-order chi connectivity index (χ0) is 9.14. The van der Waals surface area contributed by atoms with Gasteiger partial charge in [0, 0.05) is 18.7 Å². The van der Waals surface area contributed by atoms with Crippen LogP contribution in [-0.4, -0.2) is 14.8 Å². The summed E-state index contributed by atoms with van der Waals surface area (Å²) in [5.41, 5.74) is 5.45. The number of hydrogen-bond donors (Lipinski definition) is 1. The summed E-state index contributed by atoms with van der Waals surface area (Å²) in [6.45, 7) is 2.64. The van der Waals surface area contributed by atoms with Crippen LogP contribution in [0.5, 0.6) is 0 Å². The summed E-state index contributed by atoms with van der Waals surface area (Å²) < 4.78 is 1.73. The van der Waals surface area contributed by atoms with E-state index in [0.29, 0.717) is 16.6 Å². The molecule has 1 atom stereocenters. The van der Waals surface area contributed by atoms with Gasteiger partial charge in [-0.15, -0.1) is 0 Å². The molecule has 0 saturated carbocycles. The number of aromatic nitrogens is 2. The Hall–Kier alpha value is -0.610. The molecule has 0 aliphatic carbocycles. The second-order valence-electron chi connectivity index (χ2n) is 2.68. The largest absolute Gasteiger partial charge is 0.393 e. The normalized spacial score (nSPS) is 12.8. The molecule has 0 aliphatic rings. The highest BCUT2D eigenvalue weighted by molar-refractivity contribution is 7.80. The summed E-state index contributed by atoms with van der Waals surface area (Å²) in [7, 11) is 0. The molecule has 0 saturated heterocycles. The van der Waals surface area contributed by atoms with E-state index < -0.39 is 0 Å². The fourth-order valence-corrected chi connectivity index (χ4v) is 1.04. The van der Waals surface area contributed by atoms with Gasteiger partial charge in [0.05, 0.1) is 16.2 Å². The first-order valence-corrected chi connectivity index (χ1v) is 4.35. The molecule has 0 radical (unpaired) electrons. The van der Waals surface area contributed by atoms with Crippen molar-refractivity contribution in [3.63, 3.8) is 0 Å². The Bertz CT molecular complexity index is 284. The molecule has 12 heavy (non-hydrogen) atoms. The van der Waals surface area contributed by atoms with E-state index >= 15 is 0 Å². The quantitative estimate of drug-likeness (QED) is 0.757. The maximum atomic E-state index is 5.68. The van der Waals surface area contributed by atoms with Crippen molar-refractivity contribution in [1.82, 2.24) is 9.78 Å². The molecular weight excluding hydrogens is 194 g/mol. The Morgan fingerprint density at radius 1 is 1.92 bits per heavy atom. The Morgan fingerprint density at radius 3 is 3.00 bits per heavy atom. The van der Waals surface area contributed by atoms with E-state index in [0.717, 1.165) is 0 Å². The monoisotopic (exact) mass is 203 g/mol. The van der Waals surface area contributed by atoms with Crippen LogP contribution in [0.3, 0.4) is 0 Å². The minimum Gasteiger partial charge on any atom is -0.393 e. The van der Waals surface area contributed by atoms with Gasteiger partial charge in [-0.1, -0.05) is 30.7 Å². The third-order valence-corrected chi connectivity index (χ3v) is 2.15. The highest BCUT2D eigenvalue weighted by Gasteiger charge is 2.06. The van der Waals surface area contributed by atoms with Crippen molar-refractivity contribution in [3.05, 3.63) is 17.4 Å². The van der Waals surface area contributed by atoms with Gasteiger partial charge in [0.25, 0.3) is 0 Å². The van der Waals surface area contributed by atoms with Crippen LogP contribution < -0.4 is 5.73 Å². The Morgan fingerprint density at radius 2 is 2.58 bits per heavy atom. The first-order chi connectivity index (χ1) is 5.59. The van der Waals surface area contributed by atoms with E-state index in [9.17, 15) is 0 Å². The molecule has 0 unspecified atom stereocenters. The predicted octanol–water partition coefficient (Wildman–Crippen LogP) is 1.46. The lowest BCUT2D eigenvalue weighted by atomic mass is 10.2. The van der Waals surface area contributed by atoms with Gasteiger partial charge < -0.3 is 5.73 Å². The maximum Gasteiger partial charge on any atom is 0.0785 e. The zero-order valence-corrected chi connectivity index (χ0v) is 8.27. The molecular formula is C7H10ClN3S. The van der Waals surface area contributed by atoms with Crippen molar-refractivity contribution in [2.24, 2.45) is 11.7 Å². The molecule has 1 rings (SSSR count). The lowest BCUT2D eigenvalue weighted by Crippen LogP contribution is -2.22. The van der Waals surface area contributed by atoms with Gasteiger partial charge in [-0.3, -0.25) is 4.68 Å². The van der Waals surface area contributed by atoms with Gasteiger partial charge in [0.1, 0.15) is 0 Å². The topological polar surface area (TPSA) is 43.8 Å². The molecule has 0 spiro atoms. The number of halogens is 1. The van der Waals surface area contributed by atoms with Crippen LogP contribution in [0, 0.1) is 5.92 Å². The van der Waals surface area contributed by atoms with Crippen LogP contribution in [-0.2, 0) is 6.54 Å². The number of nitrogens with two attached hydrogens (primary N) is 1. The first-order valence-electron chi connectivity index (χ1n) is 3.57. The van der Waals surface area contributed by atoms with E-state index in [-0.39, 0.29) is 5.92 Å². The zero-order valence-electron chi connectivity index (χ0n) is 6.70. The molecule has 5 heteroatoms. The Kier molecular flexibility index (Phi) is 3.05. The average Bonchev–Trinajstić information content (AvgIpc) is 2.35. The fraction of sp³-hybridized carbons (Fsp3) is 0.429. The molecule has 1 aromatic heterocycles. The van der Waals surface area contributed by atoms with Crippen LogP contribution in [0.15, 0.2) is 12.4 Å². The number of hydrogen-bond acceptors (Lipinski definition) is 2. The molecule has 0 fully saturated rings. The van der Waals surface area contributed by atoms with E-state index in [2.05, 4.69) is 5.10 Å². The number of nitrogens with zero attached hydrogens (tertiary/aromatic N) is 2. The van der Waals surface area contributed by atoms with Crippen LogP contribution in [0.25, 0.3) is 0 Å². The fourth-order valence-electron chi connectivity index (χ4n) is 0.809. The second-order valence-corrected chi connectivity index (χ2v) is 3.59. The SMILES string of the molecule is C[C@H](Cn1cc(Cl)cn1)C(N)=S. The third kappa shape index (κ3) is 2.46. The van der Waals surface area contributed by atoms with Gasteiger partial charge in [0.15, 0.2) is 0 Å². The smallest absolute Gasteiger partial charge is 0.0785 e. The molecule has 66 valence electrons. The van der Waals surface area contributed by atoms with E-state index in [1.54, 1.807) is 17.1 Å². The predicted molar refractivity (Wildman–Crippen MR) is 53.2 cm³/mol. The third-order valence-electron chi connectivity index (χ3n) is 1.55. The van der Waals surface area contributed by atoms with Crippen molar-refractivity contribution < 1.29 is 0 Å². The second kappa shape index (κ2) is 3.87. The van der Waals surface area contributed by atoms with Crippen molar-refractivity contribution in [2.45, 2.75) is 13.5 Å². The summed E-state index contributed by atoms with van der Waals surface area (Å²) in [4.78, 5) is 0.502. The highest BCUT2D eigenvalue weighted by Crippen LogP contribution is 2.07. The van der Waals surface area contributed by atoms with Crippen molar-refractivity contribution >= 4 is 28.8 Å². The molecule has 0 aliphatic heterocycles. The summed E-state index contributed by atoms with van der Waals surface area (Å²) in [5, 5.41) is 4.64. The van der Waals surface area contributed by atoms with Crippen molar-refractivity contribution in [3.8, 4) is 0 Å². The molecule has 0 aromatic carbocycles. The maximum absolute atomic E-state index is 5.68. The molecule has 1 aromatic rings. The molecule has 0 bridgehead atoms. The minimum atomic E-state index is 0.149. The summed E-state index contributed by atoms with van der Waals surface area (Å²) in [5.74, 6) is 0.149. The highest BCUT2D eigenvalue weighted by atomic mass is 35.5. The Balaban J connectivity index is 2.58. The average molecular weight is 204 g/mol. The molecule has 0 amide bonds. The van der Waals surface area contributed by atoms with Gasteiger partial charge in [-0.2, -0.15) is 5.10 Å². The lowest BCUT2D eigenvalue weighted by Gasteiger charge is -2.08. The van der Waals surface area contributed by atoms with Crippen LogP contribution >= 0.6 is 23.8 Å². The lowest BCUT2D eigenvalue weighted by molar-refractivity contribution is 0.543. The number of rotatable bonds is 3. The van der Waals surface area contributed by atoms with Crippen molar-refractivity contribution in [2.75, 3.05) is 0 Å². The van der Waals surface area contributed by atoms with Crippen molar-refractivity contribution in [1.29, 1.82) is 0 Å². The minimum absolute atomic E-state index is 0.149. The van der Waals surface area contributed by atoms with Gasteiger partial charge in [-0.05, 0) is 0 Å². The summed E-state index contributed by atoms with van der Waals surface area (Å²) in [6.07, 6.45) is 3.34. The Labute approximate surface area is 81.5 Å². The van der Waals surface area contributed by atoms with E-state index in [4.69, 9.17) is 29.6 Å². The standard InChI is InChI=1S/C7H10ClN3S/c1-5(7(9)12)3-11-4-6(8)2-10-11/h2,4-5H,3H2,1H3,(H2,9,12)/t5-/m1/s1. The van der Waals surface area contributed by atoms with Gasteiger partial charge in [0.2, 0.25) is 0 Å². The van der Waals surface area contributed by atoms with E-state index in [1.807, 2.05) is 6.92 Å². The van der Waals surface area contributed by atoms with Crippen LogP contribution in [0.2, 0.25) is 5.02 Å². The number of thiocarbonyl (C=S) groups is 1. The summed E-state index contributed by atoms with van der Waals surface area (Å²) in [6, 6.07) is 0. The first kappa shape index (κ1) is 9.48. The molecule has 1 heterocycles. The van der Waals surface area contributed by atoms with Crippen LogP contribution in [0.4, 0.5) is 0 Å². The van der Waals surface area contributed by atoms with Gasteiger partial charge >= 0.3 is 0 Å². The van der Waals surface area contributed by atoms with Crippen LogP contribution in [0.1, 0.15) is 6.92 Å². The van der Waals surface area contributed by atoms with E-state index in [1.165, 1.54) is 0 Å². The molecule has 2 N–H and O–H groups in total. The summed E-state index contributed by atoms with van der Waals surface area (Å²) >= 11 is 10.5. The van der Waals surface area contributed by atoms with Gasteiger partial charge in [-0.25, -0.2) is 0 Å². The molecule has 3 nitrogen and oxygen atoms in total.